The lowest BCUT2D eigenvalue weighted by Crippen LogP contribution is -2.35. The van der Waals surface area contributed by atoms with Crippen LogP contribution in [0.15, 0.2) is 24.3 Å². The largest absolute Gasteiger partial charge is 0.465 e. The Labute approximate surface area is 130 Å². The molecule has 0 spiro atoms. The molecule has 1 aromatic carbocycles. The maximum Gasteiger partial charge on any atom is 0.416 e. The van der Waals surface area contributed by atoms with E-state index >= 15 is 0 Å². The number of ether oxygens (including phenoxy) is 2. The molecule has 0 bridgehead atoms. The van der Waals surface area contributed by atoms with Gasteiger partial charge in [-0.25, -0.2) is 0 Å². The van der Waals surface area contributed by atoms with Crippen molar-refractivity contribution in [3.63, 3.8) is 0 Å². The lowest BCUT2D eigenvalue weighted by molar-refractivity contribution is -0.158. The van der Waals surface area contributed by atoms with E-state index < -0.39 is 35.4 Å². The molecule has 0 radical (unpaired) electrons. The number of halogens is 3. The molecule has 0 unspecified atom stereocenters. The molecule has 126 valence electrons. The van der Waals surface area contributed by atoms with Gasteiger partial charge in [-0.05, 0) is 26.0 Å². The van der Waals surface area contributed by atoms with Crippen molar-refractivity contribution in [3.8, 4) is 0 Å². The Hall–Kier alpha value is -2.38. The maximum absolute atomic E-state index is 12.5. The van der Waals surface area contributed by atoms with Crippen LogP contribution in [0.4, 0.5) is 13.2 Å². The Morgan fingerprint density at radius 1 is 0.957 bits per heavy atom. The number of esters is 2. The Kier molecular flexibility index (Phi) is 6.29. The van der Waals surface area contributed by atoms with Gasteiger partial charge in [0.1, 0.15) is 0 Å². The van der Waals surface area contributed by atoms with E-state index in [2.05, 4.69) is 9.47 Å². The van der Waals surface area contributed by atoms with E-state index in [-0.39, 0.29) is 18.8 Å². The van der Waals surface area contributed by atoms with Crippen molar-refractivity contribution in [3.05, 3.63) is 35.4 Å². The number of rotatable bonds is 6. The van der Waals surface area contributed by atoms with Crippen molar-refractivity contribution < 1.29 is 37.0 Å². The van der Waals surface area contributed by atoms with Gasteiger partial charge >= 0.3 is 18.1 Å². The normalized spacial score (nSPS) is 11.2. The van der Waals surface area contributed by atoms with Crippen LogP contribution in [0.5, 0.6) is 0 Å². The molecule has 0 aliphatic carbocycles. The average Bonchev–Trinajstić information content (AvgIpc) is 2.47. The molecular weight excluding hydrogens is 317 g/mol. The van der Waals surface area contributed by atoms with Gasteiger partial charge in [0, 0.05) is 5.56 Å². The highest BCUT2D eigenvalue weighted by Gasteiger charge is 2.38. The average molecular weight is 332 g/mol. The van der Waals surface area contributed by atoms with Crippen LogP contribution in [0.3, 0.4) is 0 Å². The zero-order chi connectivity index (χ0) is 17.6. The van der Waals surface area contributed by atoms with Crippen LogP contribution >= 0.6 is 0 Å². The minimum Gasteiger partial charge on any atom is -0.465 e. The zero-order valence-electron chi connectivity index (χ0n) is 12.5. The van der Waals surface area contributed by atoms with Crippen LogP contribution in [0, 0.1) is 5.92 Å². The summed E-state index contributed by atoms with van der Waals surface area (Å²) in [7, 11) is 0. The first-order valence-electron chi connectivity index (χ1n) is 6.77. The van der Waals surface area contributed by atoms with E-state index in [9.17, 15) is 27.6 Å². The third kappa shape index (κ3) is 4.80. The first kappa shape index (κ1) is 18.7. The molecule has 5 nitrogen and oxygen atoms in total. The third-order valence-electron chi connectivity index (χ3n) is 2.80. The summed E-state index contributed by atoms with van der Waals surface area (Å²) in [6.07, 6.45) is -4.55. The second-order valence-corrected chi connectivity index (χ2v) is 4.38. The van der Waals surface area contributed by atoms with Crippen molar-refractivity contribution in [2.45, 2.75) is 20.0 Å². The lowest BCUT2D eigenvalue weighted by Gasteiger charge is -2.14. The molecule has 0 atom stereocenters. The molecular formula is C15H15F3O5. The van der Waals surface area contributed by atoms with E-state index in [1.54, 1.807) is 0 Å². The first-order valence-corrected chi connectivity index (χ1v) is 6.77. The maximum atomic E-state index is 12.5. The Balaban J connectivity index is 3.09. The predicted molar refractivity (Wildman–Crippen MR) is 72.5 cm³/mol. The minimum atomic E-state index is -4.55. The van der Waals surface area contributed by atoms with Crippen LogP contribution in [-0.4, -0.2) is 30.9 Å². The summed E-state index contributed by atoms with van der Waals surface area (Å²) in [5.74, 6) is -5.03. The summed E-state index contributed by atoms with van der Waals surface area (Å²) >= 11 is 0. The zero-order valence-corrected chi connectivity index (χ0v) is 12.5. The molecule has 0 aliphatic heterocycles. The highest BCUT2D eigenvalue weighted by molar-refractivity contribution is 6.20. The van der Waals surface area contributed by atoms with Gasteiger partial charge in [-0.2, -0.15) is 13.2 Å². The van der Waals surface area contributed by atoms with Gasteiger partial charge in [0.15, 0.2) is 5.78 Å². The lowest BCUT2D eigenvalue weighted by atomic mass is 9.96. The van der Waals surface area contributed by atoms with Gasteiger partial charge in [0.2, 0.25) is 5.92 Å². The highest BCUT2D eigenvalue weighted by atomic mass is 19.4. The Morgan fingerprint density at radius 2 is 1.39 bits per heavy atom. The number of benzene rings is 1. The van der Waals surface area contributed by atoms with Gasteiger partial charge in [-0.3, -0.25) is 14.4 Å². The second-order valence-electron chi connectivity index (χ2n) is 4.38. The first-order chi connectivity index (χ1) is 10.7. The fourth-order valence-corrected chi connectivity index (χ4v) is 1.75. The van der Waals surface area contributed by atoms with Crippen LogP contribution < -0.4 is 0 Å². The third-order valence-corrected chi connectivity index (χ3v) is 2.80. The van der Waals surface area contributed by atoms with E-state index in [0.29, 0.717) is 12.1 Å². The van der Waals surface area contributed by atoms with Crippen LogP contribution in [-0.2, 0) is 25.2 Å². The summed E-state index contributed by atoms with van der Waals surface area (Å²) in [6.45, 7) is 2.86. The molecule has 0 fully saturated rings. The predicted octanol–water partition coefficient (Wildman–Crippen LogP) is 2.63. The summed E-state index contributed by atoms with van der Waals surface area (Å²) in [5.41, 5.74) is -1.16. The molecule has 1 rings (SSSR count). The fourth-order valence-electron chi connectivity index (χ4n) is 1.75. The van der Waals surface area contributed by atoms with Gasteiger partial charge in [0.25, 0.3) is 0 Å². The quantitative estimate of drug-likeness (QED) is 0.455. The molecule has 0 heterocycles. The minimum absolute atomic E-state index is 0.0605. The fraction of sp³-hybridized carbons (Fsp3) is 0.400. The number of ketones is 1. The van der Waals surface area contributed by atoms with Crippen molar-refractivity contribution >= 4 is 17.7 Å². The molecule has 1 aromatic rings. The summed E-state index contributed by atoms with van der Waals surface area (Å²) < 4.78 is 46.8. The number of alkyl halides is 3. The molecule has 0 saturated heterocycles. The van der Waals surface area contributed by atoms with Crippen LogP contribution in [0.25, 0.3) is 0 Å². The van der Waals surface area contributed by atoms with Crippen LogP contribution in [0.2, 0.25) is 0 Å². The topological polar surface area (TPSA) is 69.7 Å². The molecule has 8 heteroatoms. The standard InChI is InChI=1S/C15H15F3O5/c1-3-22-13(20)11(14(21)23-4-2)12(19)9-5-7-10(8-6-9)15(16,17)18/h5-8,11H,3-4H2,1-2H3. The van der Waals surface area contributed by atoms with E-state index in [1.165, 1.54) is 13.8 Å². The summed E-state index contributed by atoms with van der Waals surface area (Å²) in [4.78, 5) is 35.8. The molecule has 23 heavy (non-hydrogen) atoms. The number of hydrogen-bond donors (Lipinski definition) is 0. The molecule has 0 amide bonds. The van der Waals surface area contributed by atoms with Gasteiger partial charge < -0.3 is 9.47 Å². The van der Waals surface area contributed by atoms with Gasteiger partial charge in [-0.1, -0.05) is 12.1 Å². The van der Waals surface area contributed by atoms with Gasteiger partial charge in [0.05, 0.1) is 18.8 Å². The Bertz CT molecular complexity index is 560. The van der Waals surface area contributed by atoms with E-state index in [0.717, 1.165) is 12.1 Å². The summed E-state index contributed by atoms with van der Waals surface area (Å²) in [5, 5.41) is 0. The monoisotopic (exact) mass is 332 g/mol. The number of Topliss-reactive ketones (excluding diaryl/α,β-unsaturated/α-hetero) is 1. The smallest absolute Gasteiger partial charge is 0.416 e. The number of carbonyl (C=O) groups excluding carboxylic acids is 3. The van der Waals surface area contributed by atoms with Gasteiger partial charge in [-0.15, -0.1) is 0 Å². The van der Waals surface area contributed by atoms with Crippen LogP contribution in [0.1, 0.15) is 29.8 Å². The SMILES string of the molecule is CCOC(=O)C(C(=O)OCC)C(=O)c1ccc(C(F)(F)F)cc1. The molecule has 0 aliphatic rings. The highest BCUT2D eigenvalue weighted by Crippen LogP contribution is 2.29. The van der Waals surface area contributed by atoms with Crippen molar-refractivity contribution in [1.29, 1.82) is 0 Å². The molecule has 0 aromatic heterocycles. The number of carbonyl (C=O) groups is 3. The molecule has 0 N–H and O–H groups in total. The van der Waals surface area contributed by atoms with Crippen molar-refractivity contribution in [2.24, 2.45) is 5.92 Å². The number of hydrogen-bond acceptors (Lipinski definition) is 5. The van der Waals surface area contributed by atoms with Crippen molar-refractivity contribution in [1.82, 2.24) is 0 Å². The van der Waals surface area contributed by atoms with E-state index in [4.69, 9.17) is 0 Å². The second kappa shape index (κ2) is 7.75. The molecule has 0 saturated carbocycles. The van der Waals surface area contributed by atoms with Crippen molar-refractivity contribution in [2.75, 3.05) is 13.2 Å². The van der Waals surface area contributed by atoms with E-state index in [1.807, 2.05) is 0 Å². The Morgan fingerprint density at radius 3 is 1.74 bits per heavy atom. The summed E-state index contributed by atoms with van der Waals surface area (Å²) in [6, 6.07) is 3.19.